The lowest BCUT2D eigenvalue weighted by atomic mass is 10.1. The van der Waals surface area contributed by atoms with Crippen LogP contribution in [0.2, 0.25) is 0 Å². The van der Waals surface area contributed by atoms with E-state index in [2.05, 4.69) is 15.4 Å². The van der Waals surface area contributed by atoms with Crippen molar-refractivity contribution in [2.45, 2.75) is 45.3 Å². The SMILES string of the molecule is CC[C@H](C)N(C(=O)Cn1nnc(-c2cccs2)n1)[C@H]1CCS(=O)(=O)C1. The number of carbonyl (C=O) groups excluding carboxylic acids is 1. The molecule has 0 spiro atoms. The summed E-state index contributed by atoms with van der Waals surface area (Å²) in [6.45, 7) is 3.88. The lowest BCUT2D eigenvalue weighted by molar-refractivity contribution is -0.136. The molecule has 0 aromatic carbocycles. The maximum atomic E-state index is 12.8. The van der Waals surface area contributed by atoms with E-state index >= 15 is 0 Å². The zero-order valence-electron chi connectivity index (χ0n) is 14.2. The van der Waals surface area contributed by atoms with E-state index < -0.39 is 9.84 Å². The molecule has 136 valence electrons. The Morgan fingerprint density at radius 2 is 2.32 bits per heavy atom. The second kappa shape index (κ2) is 7.20. The van der Waals surface area contributed by atoms with Gasteiger partial charge in [-0.05, 0) is 36.4 Å². The molecule has 0 N–H and O–H groups in total. The van der Waals surface area contributed by atoms with Crippen LogP contribution in [0.3, 0.4) is 0 Å². The minimum Gasteiger partial charge on any atom is -0.334 e. The molecule has 0 aliphatic carbocycles. The predicted molar refractivity (Wildman–Crippen MR) is 94.8 cm³/mol. The molecule has 1 aliphatic heterocycles. The fraction of sp³-hybridized carbons (Fsp3) is 0.600. The summed E-state index contributed by atoms with van der Waals surface area (Å²) in [4.78, 5) is 16.7. The van der Waals surface area contributed by atoms with Crippen LogP contribution in [-0.4, -0.2) is 63.0 Å². The first-order valence-corrected chi connectivity index (χ1v) is 10.9. The Morgan fingerprint density at radius 1 is 1.52 bits per heavy atom. The molecule has 1 aliphatic rings. The molecule has 2 atom stereocenters. The quantitative estimate of drug-likeness (QED) is 0.744. The normalized spacial score (nSPS) is 20.5. The molecule has 2 aromatic heterocycles. The van der Waals surface area contributed by atoms with Crippen LogP contribution in [0.5, 0.6) is 0 Å². The molecule has 0 bridgehead atoms. The second-order valence-corrected chi connectivity index (χ2v) is 9.41. The van der Waals surface area contributed by atoms with E-state index in [-0.39, 0.29) is 36.0 Å². The van der Waals surface area contributed by atoms with Gasteiger partial charge in [0.05, 0.1) is 16.4 Å². The zero-order valence-corrected chi connectivity index (χ0v) is 15.8. The Balaban J connectivity index is 1.74. The van der Waals surface area contributed by atoms with Gasteiger partial charge in [-0.1, -0.05) is 13.0 Å². The summed E-state index contributed by atoms with van der Waals surface area (Å²) in [6, 6.07) is 3.48. The molecule has 1 fully saturated rings. The van der Waals surface area contributed by atoms with Gasteiger partial charge in [-0.2, -0.15) is 4.80 Å². The van der Waals surface area contributed by atoms with E-state index in [1.54, 1.807) is 4.90 Å². The maximum Gasteiger partial charge on any atom is 0.246 e. The monoisotopic (exact) mass is 383 g/mol. The van der Waals surface area contributed by atoms with Crippen molar-refractivity contribution in [2.24, 2.45) is 0 Å². The van der Waals surface area contributed by atoms with Gasteiger partial charge in [0.1, 0.15) is 6.54 Å². The highest BCUT2D eigenvalue weighted by Gasteiger charge is 2.36. The van der Waals surface area contributed by atoms with E-state index in [0.29, 0.717) is 12.2 Å². The number of amides is 1. The molecule has 25 heavy (non-hydrogen) atoms. The van der Waals surface area contributed by atoms with Gasteiger partial charge in [-0.25, -0.2) is 8.42 Å². The number of sulfone groups is 1. The number of aromatic nitrogens is 4. The van der Waals surface area contributed by atoms with Crippen LogP contribution in [0.15, 0.2) is 17.5 Å². The highest BCUT2D eigenvalue weighted by atomic mass is 32.2. The largest absolute Gasteiger partial charge is 0.334 e. The summed E-state index contributed by atoms with van der Waals surface area (Å²) in [6.07, 6.45) is 1.25. The minimum atomic E-state index is -3.06. The van der Waals surface area contributed by atoms with Gasteiger partial charge < -0.3 is 4.90 Å². The molecule has 0 saturated carbocycles. The van der Waals surface area contributed by atoms with Crippen molar-refractivity contribution < 1.29 is 13.2 Å². The molecular weight excluding hydrogens is 362 g/mol. The number of thiophene rings is 1. The summed E-state index contributed by atoms with van der Waals surface area (Å²) in [5, 5.41) is 14.1. The first kappa shape index (κ1) is 18.0. The van der Waals surface area contributed by atoms with Gasteiger partial charge in [0.15, 0.2) is 9.84 Å². The molecule has 1 saturated heterocycles. The van der Waals surface area contributed by atoms with E-state index in [4.69, 9.17) is 0 Å². The Morgan fingerprint density at radius 3 is 2.92 bits per heavy atom. The van der Waals surface area contributed by atoms with Crippen LogP contribution < -0.4 is 0 Å². The molecule has 2 aromatic rings. The van der Waals surface area contributed by atoms with E-state index in [1.165, 1.54) is 16.1 Å². The Labute approximate surface area is 150 Å². The minimum absolute atomic E-state index is 0.0360. The molecule has 10 heteroatoms. The Hall–Kier alpha value is -1.81. The number of hydrogen-bond donors (Lipinski definition) is 0. The molecule has 8 nitrogen and oxygen atoms in total. The van der Waals surface area contributed by atoms with Crippen molar-refractivity contribution in [3.8, 4) is 10.7 Å². The standard InChI is InChI=1S/C15H21N5O3S2/c1-3-11(2)20(12-6-8-25(22,23)10-12)14(21)9-19-17-15(16-18-19)13-5-4-7-24-13/h4-5,7,11-12H,3,6,8-10H2,1-2H3/t11-,12-/m0/s1. The van der Waals surface area contributed by atoms with Crippen LogP contribution in [0.4, 0.5) is 0 Å². The molecule has 0 unspecified atom stereocenters. The fourth-order valence-electron chi connectivity index (χ4n) is 3.02. The van der Waals surface area contributed by atoms with Crippen molar-refractivity contribution in [1.82, 2.24) is 25.1 Å². The van der Waals surface area contributed by atoms with E-state index in [1.807, 2.05) is 31.4 Å². The van der Waals surface area contributed by atoms with Gasteiger partial charge >= 0.3 is 0 Å². The number of hydrogen-bond acceptors (Lipinski definition) is 7. The highest BCUT2D eigenvalue weighted by Crippen LogP contribution is 2.22. The van der Waals surface area contributed by atoms with Gasteiger partial charge in [-0.3, -0.25) is 4.79 Å². The van der Waals surface area contributed by atoms with E-state index in [9.17, 15) is 13.2 Å². The second-order valence-electron chi connectivity index (χ2n) is 6.24. The third kappa shape index (κ3) is 4.06. The lowest BCUT2D eigenvalue weighted by Crippen LogP contribution is -2.48. The van der Waals surface area contributed by atoms with E-state index in [0.717, 1.165) is 11.3 Å². The highest BCUT2D eigenvalue weighted by molar-refractivity contribution is 7.91. The van der Waals surface area contributed by atoms with Crippen LogP contribution in [0, 0.1) is 0 Å². The summed E-state index contributed by atoms with van der Waals surface area (Å²) in [5.74, 6) is 0.490. The molecule has 3 heterocycles. The number of tetrazole rings is 1. The van der Waals surface area contributed by atoms with Crippen LogP contribution in [-0.2, 0) is 21.2 Å². The lowest BCUT2D eigenvalue weighted by Gasteiger charge is -2.33. The van der Waals surface area contributed by atoms with Gasteiger partial charge in [0, 0.05) is 12.1 Å². The average Bonchev–Trinajstić information content (AvgIpc) is 3.28. The van der Waals surface area contributed by atoms with Gasteiger partial charge in [-0.15, -0.1) is 21.5 Å². The predicted octanol–water partition coefficient (Wildman–Crippen LogP) is 1.22. The van der Waals surface area contributed by atoms with Gasteiger partial charge in [0.25, 0.3) is 0 Å². The third-order valence-electron chi connectivity index (χ3n) is 4.43. The summed E-state index contributed by atoms with van der Waals surface area (Å²) < 4.78 is 23.6. The molecule has 0 radical (unpaired) electrons. The van der Waals surface area contributed by atoms with Crippen LogP contribution >= 0.6 is 11.3 Å². The number of nitrogens with zero attached hydrogens (tertiary/aromatic N) is 5. The Kier molecular flexibility index (Phi) is 5.19. The van der Waals surface area contributed by atoms with Crippen molar-refractivity contribution in [3.63, 3.8) is 0 Å². The summed E-state index contributed by atoms with van der Waals surface area (Å²) >= 11 is 1.50. The fourth-order valence-corrected chi connectivity index (χ4v) is 5.38. The zero-order chi connectivity index (χ0) is 18.0. The average molecular weight is 383 g/mol. The van der Waals surface area contributed by atoms with Gasteiger partial charge in [0.2, 0.25) is 11.7 Å². The van der Waals surface area contributed by atoms with Crippen LogP contribution in [0.1, 0.15) is 26.7 Å². The molecule has 3 rings (SSSR count). The first-order chi connectivity index (χ1) is 11.9. The topological polar surface area (TPSA) is 98.1 Å². The summed E-state index contributed by atoms with van der Waals surface area (Å²) in [5.41, 5.74) is 0. The van der Waals surface area contributed by atoms with Crippen LogP contribution in [0.25, 0.3) is 10.7 Å². The Bertz CT molecular complexity index is 831. The smallest absolute Gasteiger partial charge is 0.246 e. The number of rotatable bonds is 6. The van der Waals surface area contributed by atoms with Crippen molar-refractivity contribution >= 4 is 27.1 Å². The third-order valence-corrected chi connectivity index (χ3v) is 7.04. The van der Waals surface area contributed by atoms with Crippen molar-refractivity contribution in [1.29, 1.82) is 0 Å². The van der Waals surface area contributed by atoms with Crippen molar-refractivity contribution in [3.05, 3.63) is 17.5 Å². The first-order valence-electron chi connectivity index (χ1n) is 8.23. The molecular formula is C15H21N5O3S2. The molecule has 1 amide bonds. The van der Waals surface area contributed by atoms with Crippen molar-refractivity contribution in [2.75, 3.05) is 11.5 Å². The summed E-state index contributed by atoms with van der Waals surface area (Å²) in [7, 11) is -3.06. The number of carbonyl (C=O) groups is 1. The maximum absolute atomic E-state index is 12.8.